The van der Waals surface area contributed by atoms with Crippen molar-refractivity contribution in [1.82, 2.24) is 0 Å². The standard InChI is InChI=1S/C7H15O9P/c8-4-3(1-2-15-17(12,13)14)16-7(11)6(10)5(4)9/h3-11H,1-2H2,(H2,12,13,14). The number of aliphatic hydroxyl groups is 4. The number of aliphatic hydroxyl groups excluding tert-OH is 4. The molecule has 17 heavy (non-hydrogen) atoms. The van der Waals surface area contributed by atoms with Crippen LogP contribution in [0.5, 0.6) is 0 Å². The maximum atomic E-state index is 10.4. The maximum Gasteiger partial charge on any atom is 0.469 e. The molecule has 5 atom stereocenters. The first-order valence-electron chi connectivity index (χ1n) is 4.80. The third kappa shape index (κ3) is 4.25. The van der Waals surface area contributed by atoms with Crippen molar-refractivity contribution in [2.45, 2.75) is 37.1 Å². The Morgan fingerprint density at radius 2 is 1.65 bits per heavy atom. The highest BCUT2D eigenvalue weighted by Gasteiger charge is 2.42. The van der Waals surface area contributed by atoms with Crippen molar-refractivity contribution >= 4 is 7.82 Å². The SMILES string of the molecule is O=P(O)(O)OCCC1OC(O)C(O)C(O)C1O. The van der Waals surface area contributed by atoms with Crippen LogP contribution >= 0.6 is 7.82 Å². The first kappa shape index (κ1) is 15.0. The minimum atomic E-state index is -4.61. The number of hydrogen-bond donors (Lipinski definition) is 6. The van der Waals surface area contributed by atoms with Crippen molar-refractivity contribution in [3.63, 3.8) is 0 Å². The maximum absolute atomic E-state index is 10.4. The highest BCUT2D eigenvalue weighted by Crippen LogP contribution is 2.36. The molecule has 0 saturated carbocycles. The molecule has 0 amide bonds. The third-order valence-corrected chi connectivity index (χ3v) is 2.87. The highest BCUT2D eigenvalue weighted by atomic mass is 31.2. The summed E-state index contributed by atoms with van der Waals surface area (Å²) in [5.74, 6) is 0. The van der Waals surface area contributed by atoms with Gasteiger partial charge >= 0.3 is 7.82 Å². The molecule has 1 saturated heterocycles. The molecule has 0 aromatic carbocycles. The van der Waals surface area contributed by atoms with Gasteiger partial charge in [-0.2, -0.15) is 0 Å². The van der Waals surface area contributed by atoms with E-state index in [1.807, 2.05) is 0 Å². The molecule has 0 aliphatic carbocycles. The fourth-order valence-corrected chi connectivity index (χ4v) is 1.80. The summed E-state index contributed by atoms with van der Waals surface area (Å²) in [5, 5.41) is 37.1. The molecule has 1 aliphatic heterocycles. The lowest BCUT2D eigenvalue weighted by Gasteiger charge is -2.38. The molecule has 5 unspecified atom stereocenters. The molecular formula is C7H15O9P. The van der Waals surface area contributed by atoms with Gasteiger partial charge in [0.25, 0.3) is 0 Å². The van der Waals surface area contributed by atoms with Gasteiger partial charge in [0.15, 0.2) is 6.29 Å². The van der Waals surface area contributed by atoms with Gasteiger partial charge in [0.2, 0.25) is 0 Å². The quantitative estimate of drug-likeness (QED) is 0.300. The summed E-state index contributed by atoms with van der Waals surface area (Å²) >= 11 is 0. The van der Waals surface area contributed by atoms with Crippen LogP contribution in [0.2, 0.25) is 0 Å². The fourth-order valence-electron chi connectivity index (χ4n) is 1.46. The Kier molecular flexibility index (Phi) is 5.02. The van der Waals surface area contributed by atoms with Gasteiger partial charge in [0.1, 0.15) is 18.3 Å². The van der Waals surface area contributed by atoms with Gasteiger partial charge in [-0.1, -0.05) is 0 Å². The van der Waals surface area contributed by atoms with Crippen molar-refractivity contribution in [2.24, 2.45) is 0 Å². The van der Waals surface area contributed by atoms with E-state index in [1.165, 1.54) is 0 Å². The lowest BCUT2D eigenvalue weighted by molar-refractivity contribution is -0.283. The smallest absolute Gasteiger partial charge is 0.388 e. The molecule has 6 N–H and O–H groups in total. The molecule has 0 aromatic heterocycles. The summed E-state index contributed by atoms with van der Waals surface area (Å²) in [4.78, 5) is 16.8. The van der Waals surface area contributed by atoms with Crippen molar-refractivity contribution in [2.75, 3.05) is 6.61 Å². The second-order valence-corrected chi connectivity index (χ2v) is 4.89. The van der Waals surface area contributed by atoms with Crippen molar-refractivity contribution in [3.8, 4) is 0 Å². The molecule has 0 spiro atoms. The first-order valence-corrected chi connectivity index (χ1v) is 6.33. The molecule has 9 nitrogen and oxygen atoms in total. The molecule has 1 heterocycles. The largest absolute Gasteiger partial charge is 0.469 e. The van der Waals surface area contributed by atoms with E-state index in [2.05, 4.69) is 4.52 Å². The van der Waals surface area contributed by atoms with E-state index >= 15 is 0 Å². The monoisotopic (exact) mass is 274 g/mol. The summed E-state index contributed by atoms with van der Waals surface area (Å²) in [6, 6.07) is 0. The van der Waals surface area contributed by atoms with Crippen LogP contribution in [0, 0.1) is 0 Å². The minimum absolute atomic E-state index is 0.160. The fraction of sp³-hybridized carbons (Fsp3) is 1.00. The Balaban J connectivity index is 2.46. The molecule has 1 aliphatic rings. The van der Waals surface area contributed by atoms with Crippen LogP contribution in [0.1, 0.15) is 6.42 Å². The Bertz CT molecular complexity index is 291. The second-order valence-electron chi connectivity index (χ2n) is 3.65. The van der Waals surface area contributed by atoms with Crippen molar-refractivity contribution < 1.29 is 44.0 Å². The van der Waals surface area contributed by atoms with E-state index in [-0.39, 0.29) is 6.42 Å². The first-order chi connectivity index (χ1) is 7.72. The summed E-state index contributed by atoms with van der Waals surface area (Å²) in [5.41, 5.74) is 0. The molecule has 1 fully saturated rings. The summed E-state index contributed by atoms with van der Waals surface area (Å²) in [6.45, 7) is -0.429. The van der Waals surface area contributed by atoms with Crippen LogP contribution in [0.4, 0.5) is 0 Å². The van der Waals surface area contributed by atoms with E-state index in [0.717, 1.165) is 0 Å². The van der Waals surface area contributed by atoms with E-state index in [4.69, 9.17) is 24.7 Å². The molecule has 0 aromatic rings. The minimum Gasteiger partial charge on any atom is -0.388 e. The van der Waals surface area contributed by atoms with E-state index in [0.29, 0.717) is 0 Å². The topological polar surface area (TPSA) is 157 Å². The lowest BCUT2D eigenvalue weighted by Crippen LogP contribution is -2.57. The van der Waals surface area contributed by atoms with Gasteiger partial charge < -0.3 is 34.9 Å². The highest BCUT2D eigenvalue weighted by molar-refractivity contribution is 7.46. The third-order valence-electron chi connectivity index (χ3n) is 2.35. The van der Waals surface area contributed by atoms with E-state index in [1.54, 1.807) is 0 Å². The predicted octanol–water partition coefficient (Wildman–Crippen LogP) is -2.71. The zero-order valence-electron chi connectivity index (χ0n) is 8.66. The summed E-state index contributed by atoms with van der Waals surface area (Å²) in [6.07, 6.45) is -7.63. The van der Waals surface area contributed by atoms with Crippen LogP contribution in [-0.4, -0.2) is 67.5 Å². The van der Waals surface area contributed by atoms with Crippen LogP contribution < -0.4 is 0 Å². The van der Waals surface area contributed by atoms with Gasteiger partial charge in [-0.15, -0.1) is 0 Å². The number of ether oxygens (including phenoxy) is 1. The van der Waals surface area contributed by atoms with Crippen molar-refractivity contribution in [1.29, 1.82) is 0 Å². The number of phosphoric ester groups is 1. The molecule has 10 heteroatoms. The second kappa shape index (κ2) is 5.70. The zero-order chi connectivity index (χ0) is 13.2. The van der Waals surface area contributed by atoms with E-state index in [9.17, 15) is 14.8 Å². The molecule has 102 valence electrons. The number of hydrogen-bond acceptors (Lipinski definition) is 7. The van der Waals surface area contributed by atoms with Crippen LogP contribution in [0.25, 0.3) is 0 Å². The van der Waals surface area contributed by atoms with E-state index < -0.39 is 45.1 Å². The van der Waals surface area contributed by atoms with Crippen LogP contribution in [-0.2, 0) is 13.8 Å². The average molecular weight is 274 g/mol. The lowest BCUT2D eigenvalue weighted by atomic mass is 9.97. The Morgan fingerprint density at radius 1 is 1.06 bits per heavy atom. The van der Waals surface area contributed by atoms with Gasteiger partial charge in [-0.3, -0.25) is 4.52 Å². The Labute approximate surface area is 96.5 Å². The van der Waals surface area contributed by atoms with Gasteiger partial charge in [0, 0.05) is 6.42 Å². The summed E-state index contributed by atoms with van der Waals surface area (Å²) < 4.78 is 19.3. The molecule has 0 bridgehead atoms. The zero-order valence-corrected chi connectivity index (χ0v) is 9.55. The Morgan fingerprint density at radius 3 is 2.18 bits per heavy atom. The molecule has 0 radical (unpaired) electrons. The van der Waals surface area contributed by atoms with Gasteiger partial charge in [-0.05, 0) is 0 Å². The van der Waals surface area contributed by atoms with Crippen LogP contribution in [0.15, 0.2) is 0 Å². The predicted molar refractivity (Wildman–Crippen MR) is 51.5 cm³/mol. The summed E-state index contributed by atoms with van der Waals surface area (Å²) in [7, 11) is -4.61. The molecule has 1 rings (SSSR count). The number of rotatable bonds is 4. The van der Waals surface area contributed by atoms with Gasteiger partial charge in [-0.25, -0.2) is 4.57 Å². The normalized spacial score (nSPS) is 39.3. The van der Waals surface area contributed by atoms with Crippen molar-refractivity contribution in [3.05, 3.63) is 0 Å². The molecular weight excluding hydrogens is 259 g/mol. The number of phosphoric acid groups is 1. The van der Waals surface area contributed by atoms with Crippen LogP contribution in [0.3, 0.4) is 0 Å². The average Bonchev–Trinajstić information content (AvgIpc) is 2.21. The Hall–Kier alpha value is -0.0900. The van der Waals surface area contributed by atoms with Gasteiger partial charge in [0.05, 0.1) is 12.7 Å².